The topological polar surface area (TPSA) is 63.4 Å². The highest BCUT2D eigenvalue weighted by Crippen LogP contribution is 2.23. The van der Waals surface area contributed by atoms with Crippen LogP contribution in [-0.4, -0.2) is 27.3 Å². The van der Waals surface area contributed by atoms with Crippen molar-refractivity contribution in [1.29, 1.82) is 0 Å². The number of aryl methyl sites for hydroxylation is 1. The number of rotatable bonds is 7. The molecule has 0 aliphatic heterocycles. The maximum absolute atomic E-state index is 12.5. The molecule has 0 heterocycles. The summed E-state index contributed by atoms with van der Waals surface area (Å²) in [5.41, 5.74) is 7.24. The maximum atomic E-state index is 12.5. The first kappa shape index (κ1) is 16.0. The molecular formula is C14H24N2O2S. The van der Waals surface area contributed by atoms with Crippen molar-refractivity contribution in [1.82, 2.24) is 0 Å². The van der Waals surface area contributed by atoms with Crippen molar-refractivity contribution in [3.05, 3.63) is 29.8 Å². The summed E-state index contributed by atoms with van der Waals surface area (Å²) in [6, 6.07) is 7.55. The predicted octanol–water partition coefficient (Wildman–Crippen LogP) is 2.14. The molecule has 0 radical (unpaired) electrons. The van der Waals surface area contributed by atoms with Crippen LogP contribution in [0.15, 0.2) is 24.3 Å². The number of para-hydroxylation sites is 1. The molecule has 0 saturated carbocycles. The first-order valence-corrected chi connectivity index (χ1v) is 8.25. The highest BCUT2D eigenvalue weighted by molar-refractivity contribution is 7.92. The van der Waals surface area contributed by atoms with Crippen LogP contribution in [0.4, 0.5) is 5.69 Å². The van der Waals surface area contributed by atoms with Gasteiger partial charge in [0.1, 0.15) is 0 Å². The van der Waals surface area contributed by atoms with Gasteiger partial charge in [-0.05, 0) is 37.4 Å². The molecule has 0 aliphatic rings. The Balaban J connectivity index is 3.12. The largest absolute Gasteiger partial charge is 0.330 e. The van der Waals surface area contributed by atoms with Gasteiger partial charge in [0.05, 0.1) is 11.4 Å². The van der Waals surface area contributed by atoms with Crippen LogP contribution in [-0.2, 0) is 10.0 Å². The second kappa shape index (κ2) is 6.91. The molecule has 5 heteroatoms. The summed E-state index contributed by atoms with van der Waals surface area (Å²) in [5, 5.41) is 0. The van der Waals surface area contributed by atoms with Crippen LogP contribution in [0.1, 0.15) is 25.8 Å². The van der Waals surface area contributed by atoms with Gasteiger partial charge in [-0.1, -0.05) is 32.0 Å². The summed E-state index contributed by atoms with van der Waals surface area (Å²) in [6.45, 7) is 6.68. The molecule has 0 spiro atoms. The van der Waals surface area contributed by atoms with E-state index in [-0.39, 0.29) is 11.7 Å². The lowest BCUT2D eigenvalue weighted by atomic mass is 10.2. The lowest BCUT2D eigenvalue weighted by molar-refractivity contribution is 0.576. The number of sulfonamides is 1. The molecule has 108 valence electrons. The van der Waals surface area contributed by atoms with Gasteiger partial charge in [-0.25, -0.2) is 8.42 Å². The molecule has 1 rings (SSSR count). The van der Waals surface area contributed by atoms with E-state index in [0.29, 0.717) is 19.5 Å². The van der Waals surface area contributed by atoms with Crippen LogP contribution < -0.4 is 10.0 Å². The van der Waals surface area contributed by atoms with E-state index in [0.717, 1.165) is 11.3 Å². The van der Waals surface area contributed by atoms with Gasteiger partial charge in [0.2, 0.25) is 10.0 Å². The van der Waals surface area contributed by atoms with E-state index in [4.69, 9.17) is 5.73 Å². The predicted molar refractivity (Wildman–Crippen MR) is 80.8 cm³/mol. The third kappa shape index (κ3) is 4.51. The van der Waals surface area contributed by atoms with E-state index in [1.807, 2.05) is 45.0 Å². The zero-order valence-corrected chi connectivity index (χ0v) is 12.8. The molecule has 4 nitrogen and oxygen atoms in total. The van der Waals surface area contributed by atoms with Crippen LogP contribution in [0.5, 0.6) is 0 Å². The maximum Gasteiger partial charge on any atom is 0.235 e. The van der Waals surface area contributed by atoms with Crippen molar-refractivity contribution in [2.75, 3.05) is 23.1 Å². The minimum atomic E-state index is -3.29. The van der Waals surface area contributed by atoms with Crippen LogP contribution >= 0.6 is 0 Å². The number of hydrogen-bond donors (Lipinski definition) is 1. The number of hydrogen-bond acceptors (Lipinski definition) is 3. The van der Waals surface area contributed by atoms with Crippen molar-refractivity contribution in [3.63, 3.8) is 0 Å². The number of anilines is 1. The standard InChI is InChI=1S/C14H24N2O2S/c1-12(2)11-19(17,18)16(10-6-9-15)14-8-5-4-7-13(14)3/h4-5,7-8,12H,6,9-11,15H2,1-3H3. The summed E-state index contributed by atoms with van der Waals surface area (Å²) < 4.78 is 26.5. The Hall–Kier alpha value is -1.07. The van der Waals surface area contributed by atoms with E-state index in [1.54, 1.807) is 0 Å². The highest BCUT2D eigenvalue weighted by atomic mass is 32.2. The average molecular weight is 284 g/mol. The first-order chi connectivity index (χ1) is 8.88. The number of nitrogens with zero attached hydrogens (tertiary/aromatic N) is 1. The summed E-state index contributed by atoms with van der Waals surface area (Å²) in [7, 11) is -3.29. The van der Waals surface area contributed by atoms with E-state index in [9.17, 15) is 8.42 Å². The molecule has 0 fully saturated rings. The van der Waals surface area contributed by atoms with Gasteiger partial charge in [0.25, 0.3) is 0 Å². The van der Waals surface area contributed by atoms with Gasteiger partial charge in [-0.15, -0.1) is 0 Å². The summed E-state index contributed by atoms with van der Waals surface area (Å²) in [4.78, 5) is 0. The monoisotopic (exact) mass is 284 g/mol. The SMILES string of the molecule is Cc1ccccc1N(CCCN)S(=O)(=O)CC(C)C. The summed E-state index contributed by atoms with van der Waals surface area (Å²) in [5.74, 6) is 0.265. The van der Waals surface area contributed by atoms with E-state index >= 15 is 0 Å². The minimum Gasteiger partial charge on any atom is -0.330 e. The third-order valence-corrected chi connectivity index (χ3v) is 4.97. The average Bonchev–Trinajstić information content (AvgIpc) is 2.29. The fourth-order valence-electron chi connectivity index (χ4n) is 2.00. The van der Waals surface area contributed by atoms with Gasteiger partial charge in [0.15, 0.2) is 0 Å². The molecule has 0 unspecified atom stereocenters. The molecule has 0 amide bonds. The highest BCUT2D eigenvalue weighted by Gasteiger charge is 2.24. The minimum absolute atomic E-state index is 0.106. The molecular weight excluding hydrogens is 260 g/mol. The Labute approximate surface area is 116 Å². The second-order valence-electron chi connectivity index (χ2n) is 5.17. The normalized spacial score (nSPS) is 11.8. The fraction of sp³-hybridized carbons (Fsp3) is 0.571. The Morgan fingerprint density at radius 1 is 1.26 bits per heavy atom. The van der Waals surface area contributed by atoms with Crippen LogP contribution in [0, 0.1) is 12.8 Å². The Kier molecular flexibility index (Phi) is 5.82. The molecule has 0 aliphatic carbocycles. The smallest absolute Gasteiger partial charge is 0.235 e. The van der Waals surface area contributed by atoms with Gasteiger partial charge in [0, 0.05) is 6.54 Å². The van der Waals surface area contributed by atoms with Gasteiger partial charge in [-0.2, -0.15) is 0 Å². The molecule has 2 N–H and O–H groups in total. The fourth-order valence-corrected chi connectivity index (χ4v) is 3.93. The molecule has 1 aromatic rings. The Bertz CT molecular complexity index is 498. The van der Waals surface area contributed by atoms with E-state index in [1.165, 1.54) is 4.31 Å². The third-order valence-electron chi connectivity index (χ3n) is 2.83. The van der Waals surface area contributed by atoms with Gasteiger partial charge in [-0.3, -0.25) is 4.31 Å². The molecule has 0 atom stereocenters. The zero-order chi connectivity index (χ0) is 14.5. The van der Waals surface area contributed by atoms with Crippen molar-refractivity contribution >= 4 is 15.7 Å². The Morgan fingerprint density at radius 2 is 1.89 bits per heavy atom. The Morgan fingerprint density at radius 3 is 2.42 bits per heavy atom. The lowest BCUT2D eigenvalue weighted by Crippen LogP contribution is -2.36. The number of benzene rings is 1. The zero-order valence-electron chi connectivity index (χ0n) is 12.0. The molecule has 0 aromatic heterocycles. The number of nitrogens with two attached hydrogens (primary N) is 1. The lowest BCUT2D eigenvalue weighted by Gasteiger charge is -2.26. The van der Waals surface area contributed by atoms with Crippen LogP contribution in [0.3, 0.4) is 0 Å². The summed E-state index contributed by atoms with van der Waals surface area (Å²) in [6.07, 6.45) is 0.658. The quantitative estimate of drug-likeness (QED) is 0.834. The molecule has 0 saturated heterocycles. The van der Waals surface area contributed by atoms with E-state index < -0.39 is 10.0 Å². The van der Waals surface area contributed by atoms with Crippen molar-refractivity contribution < 1.29 is 8.42 Å². The van der Waals surface area contributed by atoms with Crippen LogP contribution in [0.2, 0.25) is 0 Å². The molecule has 1 aromatic carbocycles. The van der Waals surface area contributed by atoms with E-state index in [2.05, 4.69) is 0 Å². The second-order valence-corrected chi connectivity index (χ2v) is 7.11. The summed E-state index contributed by atoms with van der Waals surface area (Å²) >= 11 is 0. The van der Waals surface area contributed by atoms with Crippen molar-refractivity contribution in [3.8, 4) is 0 Å². The van der Waals surface area contributed by atoms with Crippen LogP contribution in [0.25, 0.3) is 0 Å². The molecule has 19 heavy (non-hydrogen) atoms. The molecule has 0 bridgehead atoms. The van der Waals surface area contributed by atoms with Gasteiger partial charge >= 0.3 is 0 Å². The van der Waals surface area contributed by atoms with Crippen molar-refractivity contribution in [2.45, 2.75) is 27.2 Å². The van der Waals surface area contributed by atoms with Crippen molar-refractivity contribution in [2.24, 2.45) is 11.7 Å². The first-order valence-electron chi connectivity index (χ1n) is 6.64. The van der Waals surface area contributed by atoms with Gasteiger partial charge < -0.3 is 5.73 Å².